The number of aromatic nitrogens is 1. The summed E-state index contributed by atoms with van der Waals surface area (Å²) < 4.78 is -0.930. The van der Waals surface area contributed by atoms with Crippen LogP contribution in [0.1, 0.15) is 33.6 Å². The number of nitrogens with zero attached hydrogens (tertiary/aromatic N) is 3. The van der Waals surface area contributed by atoms with Gasteiger partial charge in [0.1, 0.15) is 4.73 Å². The minimum Gasteiger partial charge on any atom is -0.372 e. The van der Waals surface area contributed by atoms with Crippen LogP contribution >= 0.6 is 39.9 Å². The molecule has 0 spiro atoms. The molecule has 0 fully saturated rings. The molecule has 1 aromatic carbocycles. The highest BCUT2D eigenvalue weighted by atomic mass is 35.5. The number of benzene rings is 1. The van der Waals surface area contributed by atoms with E-state index in [0.717, 1.165) is 49.6 Å². The SMILES string of the molecule is CCN(CC)CCCC(C)N(C(=O)SC(P(C)O)P(O)O)c1ccnc2cc(Cl)ccc12. The molecular weight excluding hydrogens is 488 g/mol. The second kappa shape index (κ2) is 13.4. The van der Waals surface area contributed by atoms with Gasteiger partial charge in [-0.1, -0.05) is 25.4 Å². The summed E-state index contributed by atoms with van der Waals surface area (Å²) in [5, 5.41) is 1.02. The highest BCUT2D eigenvalue weighted by Crippen LogP contribution is 2.56. The van der Waals surface area contributed by atoms with Crippen LogP contribution in [0.2, 0.25) is 5.02 Å². The van der Waals surface area contributed by atoms with Gasteiger partial charge in [-0.2, -0.15) is 0 Å². The first-order valence-corrected chi connectivity index (χ1v) is 14.9. The van der Waals surface area contributed by atoms with Gasteiger partial charge in [0, 0.05) is 30.8 Å². The van der Waals surface area contributed by atoms with Crippen LogP contribution in [0.15, 0.2) is 30.5 Å². The van der Waals surface area contributed by atoms with Crippen molar-refractivity contribution in [2.45, 2.75) is 44.4 Å². The van der Waals surface area contributed by atoms with Gasteiger partial charge in [0.05, 0.1) is 11.2 Å². The Bertz CT molecular complexity index is 881. The maximum atomic E-state index is 13.4. The lowest BCUT2D eigenvalue weighted by Crippen LogP contribution is -2.38. The second-order valence-corrected chi connectivity index (χ2v) is 12.9. The average Bonchev–Trinajstić information content (AvgIpc) is 2.74. The molecule has 2 rings (SSSR count). The minimum atomic E-state index is -2.45. The van der Waals surface area contributed by atoms with Gasteiger partial charge >= 0.3 is 0 Å². The Labute approximate surface area is 201 Å². The largest absolute Gasteiger partial charge is 0.372 e. The molecule has 0 saturated carbocycles. The number of amides is 1. The number of carbonyl (C=O) groups excluding carboxylic acids is 1. The molecule has 3 N–H and O–H groups in total. The Balaban J connectivity index is 2.38. The molecule has 0 aliphatic heterocycles. The topological polar surface area (TPSA) is 97.1 Å². The molecule has 0 saturated heterocycles. The Morgan fingerprint density at radius 2 is 1.91 bits per heavy atom. The molecule has 178 valence electrons. The van der Waals surface area contributed by atoms with E-state index in [1.165, 1.54) is 6.66 Å². The monoisotopic (exact) mass is 519 g/mol. The molecule has 0 aliphatic rings. The number of halogens is 1. The molecule has 3 unspecified atom stereocenters. The zero-order valence-electron chi connectivity index (χ0n) is 18.8. The van der Waals surface area contributed by atoms with Crippen molar-refractivity contribution in [3.8, 4) is 0 Å². The number of anilines is 1. The van der Waals surface area contributed by atoms with E-state index in [2.05, 4.69) is 23.7 Å². The van der Waals surface area contributed by atoms with Crippen molar-refractivity contribution in [3.63, 3.8) is 0 Å². The Morgan fingerprint density at radius 1 is 1.22 bits per heavy atom. The molecule has 32 heavy (non-hydrogen) atoms. The van der Waals surface area contributed by atoms with Gasteiger partial charge in [-0.3, -0.25) is 14.7 Å². The zero-order chi connectivity index (χ0) is 23.8. The third kappa shape index (κ3) is 7.48. The number of rotatable bonds is 11. The van der Waals surface area contributed by atoms with Crippen molar-refractivity contribution in [1.82, 2.24) is 9.88 Å². The lowest BCUT2D eigenvalue weighted by Gasteiger charge is -2.32. The molecule has 11 heteroatoms. The maximum Gasteiger partial charge on any atom is 0.287 e. The predicted octanol–water partition coefficient (Wildman–Crippen LogP) is 5.66. The van der Waals surface area contributed by atoms with Crippen molar-refractivity contribution in [1.29, 1.82) is 0 Å². The van der Waals surface area contributed by atoms with Gasteiger partial charge in [-0.25, -0.2) is 0 Å². The Kier molecular flexibility index (Phi) is 11.6. The number of carbonyl (C=O) groups is 1. The van der Waals surface area contributed by atoms with E-state index in [0.29, 0.717) is 16.2 Å². The molecule has 0 bridgehead atoms. The number of hydrogen-bond acceptors (Lipinski definition) is 7. The first-order chi connectivity index (χ1) is 15.2. The van der Waals surface area contributed by atoms with Crippen LogP contribution in [-0.2, 0) is 0 Å². The molecule has 0 radical (unpaired) electrons. The van der Waals surface area contributed by atoms with E-state index < -0.39 is 21.3 Å². The van der Waals surface area contributed by atoms with E-state index in [-0.39, 0.29) is 11.3 Å². The van der Waals surface area contributed by atoms with Crippen LogP contribution < -0.4 is 4.90 Å². The van der Waals surface area contributed by atoms with Gasteiger partial charge in [0.15, 0.2) is 8.38 Å². The summed E-state index contributed by atoms with van der Waals surface area (Å²) in [6.07, 6.45) is 3.34. The molecule has 7 nitrogen and oxygen atoms in total. The predicted molar refractivity (Wildman–Crippen MR) is 139 cm³/mol. The summed E-state index contributed by atoms with van der Waals surface area (Å²) >= 11 is 6.92. The standard InChI is InChI=1S/C21H32ClN3O4P2S/c1-5-24(6-2)13-7-8-15(3)25(20(26)32-21(30(4)27)31(28)29)19-11-12-23-18-14-16(22)9-10-17(18)19/h9-12,14-15,21,27-29H,5-8,13H2,1-4H3. The number of fused-ring (bicyclic) bond motifs is 1. The fraction of sp³-hybridized carbons (Fsp3) is 0.524. The first-order valence-electron chi connectivity index (χ1n) is 10.5. The highest BCUT2D eigenvalue weighted by Gasteiger charge is 2.32. The van der Waals surface area contributed by atoms with Crippen molar-refractivity contribution in [3.05, 3.63) is 35.5 Å². The van der Waals surface area contributed by atoms with Crippen molar-refractivity contribution < 1.29 is 19.5 Å². The molecule has 1 aromatic heterocycles. The molecule has 2 aromatic rings. The zero-order valence-corrected chi connectivity index (χ0v) is 22.2. The summed E-state index contributed by atoms with van der Waals surface area (Å²) in [7, 11) is -4.16. The van der Waals surface area contributed by atoms with Crippen molar-refractivity contribution in [2.75, 3.05) is 31.2 Å². The van der Waals surface area contributed by atoms with E-state index >= 15 is 0 Å². The lowest BCUT2D eigenvalue weighted by atomic mass is 10.1. The van der Waals surface area contributed by atoms with E-state index in [9.17, 15) is 19.5 Å². The molecule has 1 heterocycles. The van der Waals surface area contributed by atoms with Crippen LogP contribution in [0, 0.1) is 0 Å². The Hall–Kier alpha value is -0.560. The molecule has 3 atom stereocenters. The van der Waals surface area contributed by atoms with Gasteiger partial charge in [0.25, 0.3) is 5.24 Å². The Morgan fingerprint density at radius 3 is 2.50 bits per heavy atom. The summed E-state index contributed by atoms with van der Waals surface area (Å²) in [4.78, 5) is 51.3. The summed E-state index contributed by atoms with van der Waals surface area (Å²) in [5.41, 5.74) is 1.37. The third-order valence-corrected chi connectivity index (χ3v) is 10.9. The maximum absolute atomic E-state index is 13.4. The van der Waals surface area contributed by atoms with Crippen LogP contribution in [0.4, 0.5) is 10.5 Å². The fourth-order valence-corrected chi connectivity index (χ4v) is 6.99. The number of pyridine rings is 1. The van der Waals surface area contributed by atoms with Gasteiger partial charge in [0.2, 0.25) is 0 Å². The molecular formula is C21H32ClN3O4P2S. The van der Waals surface area contributed by atoms with Gasteiger partial charge < -0.3 is 19.6 Å². The quantitative estimate of drug-likeness (QED) is 0.330. The minimum absolute atomic E-state index is 0.141. The van der Waals surface area contributed by atoms with Gasteiger partial charge in [-0.05, 0) is 82.1 Å². The smallest absolute Gasteiger partial charge is 0.287 e. The van der Waals surface area contributed by atoms with Crippen LogP contribution in [-0.4, -0.2) is 66.9 Å². The van der Waals surface area contributed by atoms with Crippen LogP contribution in [0.5, 0.6) is 0 Å². The molecule has 1 amide bonds. The summed E-state index contributed by atoms with van der Waals surface area (Å²) in [5.74, 6) is 0. The van der Waals surface area contributed by atoms with Crippen LogP contribution in [0.25, 0.3) is 10.9 Å². The van der Waals surface area contributed by atoms with E-state index in [1.54, 1.807) is 29.3 Å². The summed E-state index contributed by atoms with van der Waals surface area (Å²) in [6, 6.07) is 7.01. The second-order valence-electron chi connectivity index (χ2n) is 7.48. The third-order valence-electron chi connectivity index (χ3n) is 5.29. The van der Waals surface area contributed by atoms with Crippen molar-refractivity contribution in [2.24, 2.45) is 0 Å². The van der Waals surface area contributed by atoms with Gasteiger partial charge in [-0.15, -0.1) is 0 Å². The fourth-order valence-electron chi connectivity index (χ4n) is 3.53. The molecule has 0 aliphatic carbocycles. The normalized spacial score (nSPS) is 14.7. The average molecular weight is 520 g/mol. The van der Waals surface area contributed by atoms with E-state index in [4.69, 9.17) is 11.6 Å². The lowest BCUT2D eigenvalue weighted by molar-refractivity contribution is 0.261. The summed E-state index contributed by atoms with van der Waals surface area (Å²) in [6.45, 7) is 10.7. The van der Waals surface area contributed by atoms with Crippen LogP contribution in [0.3, 0.4) is 0 Å². The van der Waals surface area contributed by atoms with E-state index in [1.807, 2.05) is 13.0 Å². The number of thioether (sulfide) groups is 1. The number of hydrogen-bond donors (Lipinski definition) is 3. The first kappa shape index (κ1) is 27.7. The van der Waals surface area contributed by atoms with Crippen molar-refractivity contribution >= 4 is 61.7 Å². The highest BCUT2D eigenvalue weighted by molar-refractivity contribution is 8.22.